The molecule has 22 heavy (non-hydrogen) atoms. The molecule has 7 heteroatoms. The fraction of sp³-hybridized carbons (Fsp3) is 0.400. The SMILES string of the molecule is CCC(=O)c1ccc2c(c1)N(CC(=O)NCCN)C(=O)CO2. The molecule has 0 atom stereocenters. The van der Waals surface area contributed by atoms with Crippen LogP contribution in [-0.4, -0.2) is 43.8 Å². The van der Waals surface area contributed by atoms with Crippen LogP contribution in [-0.2, 0) is 9.59 Å². The third-order valence-corrected chi connectivity index (χ3v) is 3.31. The number of nitrogens with one attached hydrogen (secondary N) is 1. The molecular formula is C15H19N3O4. The molecule has 0 aliphatic carbocycles. The lowest BCUT2D eigenvalue weighted by atomic mass is 10.1. The van der Waals surface area contributed by atoms with E-state index in [4.69, 9.17) is 10.5 Å². The van der Waals surface area contributed by atoms with Crippen molar-refractivity contribution in [3.8, 4) is 5.75 Å². The predicted molar refractivity (Wildman–Crippen MR) is 81.0 cm³/mol. The molecule has 0 spiro atoms. The second kappa shape index (κ2) is 7.04. The quantitative estimate of drug-likeness (QED) is 0.725. The van der Waals surface area contributed by atoms with Gasteiger partial charge >= 0.3 is 0 Å². The monoisotopic (exact) mass is 305 g/mol. The van der Waals surface area contributed by atoms with Crippen LogP contribution in [0.2, 0.25) is 0 Å². The number of nitrogens with zero attached hydrogens (tertiary/aromatic N) is 1. The maximum atomic E-state index is 12.0. The van der Waals surface area contributed by atoms with Crippen LogP contribution >= 0.6 is 0 Å². The lowest BCUT2D eigenvalue weighted by Gasteiger charge is -2.29. The largest absolute Gasteiger partial charge is 0.482 e. The summed E-state index contributed by atoms with van der Waals surface area (Å²) in [6.07, 6.45) is 0.366. The number of rotatable bonds is 6. The minimum absolute atomic E-state index is 0.0339. The molecule has 1 aromatic rings. The summed E-state index contributed by atoms with van der Waals surface area (Å²) in [5, 5.41) is 2.61. The van der Waals surface area contributed by atoms with E-state index in [1.807, 2.05) is 0 Å². The van der Waals surface area contributed by atoms with E-state index in [0.717, 1.165) is 0 Å². The van der Waals surface area contributed by atoms with Crippen molar-refractivity contribution in [2.75, 3.05) is 31.1 Å². The van der Waals surface area contributed by atoms with Crippen molar-refractivity contribution < 1.29 is 19.1 Å². The van der Waals surface area contributed by atoms with Crippen LogP contribution in [0.4, 0.5) is 5.69 Å². The van der Waals surface area contributed by atoms with Gasteiger partial charge in [0.25, 0.3) is 5.91 Å². The van der Waals surface area contributed by atoms with Crippen LogP contribution in [0.15, 0.2) is 18.2 Å². The molecule has 0 saturated heterocycles. The van der Waals surface area contributed by atoms with E-state index < -0.39 is 0 Å². The zero-order valence-corrected chi connectivity index (χ0v) is 12.4. The number of hydrogen-bond donors (Lipinski definition) is 2. The van der Waals surface area contributed by atoms with Gasteiger partial charge in [-0.1, -0.05) is 6.92 Å². The van der Waals surface area contributed by atoms with Gasteiger partial charge in [0.15, 0.2) is 12.4 Å². The van der Waals surface area contributed by atoms with E-state index in [0.29, 0.717) is 36.5 Å². The average molecular weight is 305 g/mol. The smallest absolute Gasteiger partial charge is 0.265 e. The topological polar surface area (TPSA) is 102 Å². The van der Waals surface area contributed by atoms with Crippen LogP contribution in [0.5, 0.6) is 5.75 Å². The Labute approximate surface area is 128 Å². The van der Waals surface area contributed by atoms with Crippen LogP contribution in [0.3, 0.4) is 0 Å². The first kappa shape index (κ1) is 16.0. The van der Waals surface area contributed by atoms with E-state index in [-0.39, 0.29) is 30.7 Å². The third kappa shape index (κ3) is 3.43. The summed E-state index contributed by atoms with van der Waals surface area (Å²) in [4.78, 5) is 37.0. The molecule has 1 heterocycles. The van der Waals surface area contributed by atoms with Gasteiger partial charge < -0.3 is 15.8 Å². The number of benzene rings is 1. The highest BCUT2D eigenvalue weighted by atomic mass is 16.5. The molecule has 2 amide bonds. The molecule has 0 saturated carbocycles. The number of anilines is 1. The first-order chi connectivity index (χ1) is 10.6. The summed E-state index contributed by atoms with van der Waals surface area (Å²) in [5.41, 5.74) is 6.27. The number of nitrogens with two attached hydrogens (primary N) is 1. The minimum Gasteiger partial charge on any atom is -0.482 e. The normalized spacial score (nSPS) is 13.4. The van der Waals surface area contributed by atoms with Crippen LogP contribution in [0.25, 0.3) is 0 Å². The Morgan fingerprint density at radius 1 is 1.41 bits per heavy atom. The zero-order chi connectivity index (χ0) is 16.1. The molecule has 118 valence electrons. The fourth-order valence-electron chi connectivity index (χ4n) is 2.16. The van der Waals surface area contributed by atoms with Crippen molar-refractivity contribution >= 4 is 23.3 Å². The average Bonchev–Trinajstić information content (AvgIpc) is 2.54. The van der Waals surface area contributed by atoms with Gasteiger partial charge in [0.1, 0.15) is 12.3 Å². The Balaban J connectivity index is 2.26. The molecule has 0 unspecified atom stereocenters. The number of ketones is 1. The van der Waals surface area contributed by atoms with Crippen molar-refractivity contribution in [3.63, 3.8) is 0 Å². The molecule has 0 fully saturated rings. The van der Waals surface area contributed by atoms with Crippen molar-refractivity contribution in [2.24, 2.45) is 5.73 Å². The highest BCUT2D eigenvalue weighted by Crippen LogP contribution is 2.33. The molecule has 0 radical (unpaired) electrons. The number of carbonyl (C=O) groups is 3. The molecule has 1 aromatic carbocycles. The second-order valence-corrected chi connectivity index (χ2v) is 4.87. The van der Waals surface area contributed by atoms with Gasteiger partial charge in [0.2, 0.25) is 5.91 Å². The summed E-state index contributed by atoms with van der Waals surface area (Å²) in [6.45, 7) is 2.19. The molecule has 1 aliphatic heterocycles. The van der Waals surface area contributed by atoms with E-state index >= 15 is 0 Å². The van der Waals surface area contributed by atoms with E-state index in [1.165, 1.54) is 4.90 Å². The first-order valence-corrected chi connectivity index (χ1v) is 7.14. The maximum absolute atomic E-state index is 12.0. The molecular weight excluding hydrogens is 286 g/mol. The van der Waals surface area contributed by atoms with Gasteiger partial charge in [0.05, 0.1) is 5.69 Å². The minimum atomic E-state index is -0.323. The lowest BCUT2D eigenvalue weighted by Crippen LogP contribution is -2.45. The molecule has 1 aliphatic rings. The summed E-state index contributed by atoms with van der Waals surface area (Å²) in [7, 11) is 0. The summed E-state index contributed by atoms with van der Waals surface area (Å²) < 4.78 is 5.34. The fourth-order valence-corrected chi connectivity index (χ4v) is 2.16. The summed E-state index contributed by atoms with van der Waals surface area (Å²) in [6, 6.07) is 4.90. The number of carbonyl (C=O) groups excluding carboxylic acids is 3. The van der Waals surface area contributed by atoms with E-state index in [9.17, 15) is 14.4 Å². The molecule has 0 bridgehead atoms. The van der Waals surface area contributed by atoms with Gasteiger partial charge in [-0.2, -0.15) is 0 Å². The molecule has 0 aromatic heterocycles. The van der Waals surface area contributed by atoms with Gasteiger partial charge in [-0.05, 0) is 18.2 Å². The third-order valence-electron chi connectivity index (χ3n) is 3.31. The zero-order valence-electron chi connectivity index (χ0n) is 12.4. The lowest BCUT2D eigenvalue weighted by molar-refractivity contribution is -0.125. The van der Waals surface area contributed by atoms with Crippen LogP contribution in [0, 0.1) is 0 Å². The highest BCUT2D eigenvalue weighted by Gasteiger charge is 2.28. The summed E-state index contributed by atoms with van der Waals surface area (Å²) in [5.74, 6) is -0.178. The van der Waals surface area contributed by atoms with Gasteiger partial charge in [0, 0.05) is 25.1 Å². The maximum Gasteiger partial charge on any atom is 0.265 e. The summed E-state index contributed by atoms with van der Waals surface area (Å²) >= 11 is 0. The Bertz CT molecular complexity index is 600. The van der Waals surface area contributed by atoms with Crippen LogP contribution < -0.4 is 20.7 Å². The number of Topliss-reactive ketones (excluding diaryl/α,β-unsaturated/α-hetero) is 1. The molecule has 7 nitrogen and oxygen atoms in total. The Kier molecular flexibility index (Phi) is 5.11. The van der Waals surface area contributed by atoms with E-state index in [1.54, 1.807) is 25.1 Å². The van der Waals surface area contributed by atoms with Crippen molar-refractivity contribution in [1.82, 2.24) is 5.32 Å². The van der Waals surface area contributed by atoms with Gasteiger partial charge in [-0.15, -0.1) is 0 Å². The predicted octanol–water partition coefficient (Wildman–Crippen LogP) is 0.0796. The van der Waals surface area contributed by atoms with Gasteiger partial charge in [-0.25, -0.2) is 0 Å². The van der Waals surface area contributed by atoms with E-state index in [2.05, 4.69) is 5.32 Å². The van der Waals surface area contributed by atoms with Crippen molar-refractivity contribution in [3.05, 3.63) is 23.8 Å². The Morgan fingerprint density at radius 3 is 2.86 bits per heavy atom. The van der Waals surface area contributed by atoms with Gasteiger partial charge in [-0.3, -0.25) is 19.3 Å². The highest BCUT2D eigenvalue weighted by molar-refractivity contribution is 6.04. The van der Waals surface area contributed by atoms with Crippen LogP contribution in [0.1, 0.15) is 23.7 Å². The van der Waals surface area contributed by atoms with Crippen molar-refractivity contribution in [2.45, 2.75) is 13.3 Å². The van der Waals surface area contributed by atoms with Crippen molar-refractivity contribution in [1.29, 1.82) is 0 Å². The number of hydrogen-bond acceptors (Lipinski definition) is 5. The first-order valence-electron chi connectivity index (χ1n) is 7.14. The Hall–Kier alpha value is -2.41. The number of fused-ring (bicyclic) bond motifs is 1. The molecule has 2 rings (SSSR count). The Morgan fingerprint density at radius 2 is 2.18 bits per heavy atom. The standard InChI is InChI=1S/C15H19N3O4/c1-2-12(19)10-3-4-13-11(7-10)18(15(21)9-22-13)8-14(20)17-6-5-16/h3-4,7H,2,5-6,8-9,16H2,1H3,(H,17,20). The number of amides is 2. The number of ether oxygens (including phenoxy) is 1. The molecule has 3 N–H and O–H groups in total. The second-order valence-electron chi connectivity index (χ2n) is 4.87.